The molecule has 0 aliphatic carbocycles. The Morgan fingerprint density at radius 2 is 2.11 bits per heavy atom. The third kappa shape index (κ3) is 5.92. The molecule has 0 saturated carbocycles. The Morgan fingerprint density at radius 1 is 1.33 bits per heavy atom. The van der Waals surface area contributed by atoms with Gasteiger partial charge in [0.2, 0.25) is 5.91 Å². The molecule has 8 heteroatoms. The predicted molar refractivity (Wildman–Crippen MR) is 110 cm³/mol. The lowest BCUT2D eigenvalue weighted by Gasteiger charge is -2.32. The monoisotopic (exact) mass is 450 g/mol. The molecule has 0 bridgehead atoms. The summed E-state index contributed by atoms with van der Waals surface area (Å²) in [6.07, 6.45) is 1.26. The van der Waals surface area contributed by atoms with Gasteiger partial charge in [0.05, 0.1) is 12.0 Å². The molecule has 0 radical (unpaired) electrons. The molecule has 1 fully saturated rings. The molecule has 1 aliphatic rings. The third-order valence-electron chi connectivity index (χ3n) is 4.35. The molecule has 1 aromatic heterocycles. The number of anilines is 1. The zero-order chi connectivity index (χ0) is 19.2. The van der Waals surface area contributed by atoms with E-state index in [-0.39, 0.29) is 18.4 Å². The van der Waals surface area contributed by atoms with Crippen LogP contribution in [-0.2, 0) is 4.79 Å². The third-order valence-corrected chi connectivity index (χ3v) is 5.81. The van der Waals surface area contributed by atoms with Crippen molar-refractivity contribution in [2.24, 2.45) is 5.92 Å². The van der Waals surface area contributed by atoms with Crippen molar-refractivity contribution in [1.29, 1.82) is 0 Å². The summed E-state index contributed by atoms with van der Waals surface area (Å²) in [6, 6.07) is 12.0. The van der Waals surface area contributed by atoms with Crippen LogP contribution in [0.4, 0.5) is 5.82 Å². The number of hydrogen-bond acceptors (Lipinski definition) is 6. The molecular weight excluding hydrogens is 428 g/mol. The number of amides is 1. The second-order valence-corrected chi connectivity index (χ2v) is 8.67. The average molecular weight is 451 g/mol. The number of benzene rings is 1. The maximum Gasteiger partial charge on any atom is 0.224 e. The fraction of sp³-hybridized carbons (Fsp3) is 0.421. The summed E-state index contributed by atoms with van der Waals surface area (Å²) >= 11 is 5.00. The van der Waals surface area contributed by atoms with Gasteiger partial charge in [0.1, 0.15) is 5.03 Å². The Balaban J connectivity index is 1.59. The second kappa shape index (κ2) is 9.52. The minimum atomic E-state index is -0.532. The molecule has 2 N–H and O–H groups in total. The molecule has 1 saturated heterocycles. The van der Waals surface area contributed by atoms with Crippen molar-refractivity contribution in [3.05, 3.63) is 40.9 Å². The zero-order valence-electron chi connectivity index (χ0n) is 15.1. The van der Waals surface area contributed by atoms with E-state index in [0.29, 0.717) is 6.54 Å². The molecule has 27 heavy (non-hydrogen) atoms. The van der Waals surface area contributed by atoms with Gasteiger partial charge in [0.25, 0.3) is 0 Å². The van der Waals surface area contributed by atoms with E-state index in [1.807, 2.05) is 36.4 Å². The molecule has 144 valence electrons. The second-order valence-electron chi connectivity index (χ2n) is 6.67. The molecule has 2 heterocycles. The minimum absolute atomic E-state index is 0.00373. The Bertz CT molecular complexity index is 755. The zero-order valence-corrected chi connectivity index (χ0v) is 17.5. The first-order valence-electron chi connectivity index (χ1n) is 8.99. The summed E-state index contributed by atoms with van der Waals surface area (Å²) in [4.78, 5) is 15.5. The van der Waals surface area contributed by atoms with Gasteiger partial charge in [-0.3, -0.25) is 4.79 Å². The highest BCUT2D eigenvalue weighted by atomic mass is 79.9. The summed E-state index contributed by atoms with van der Waals surface area (Å²) in [5.41, 5.74) is 0. The van der Waals surface area contributed by atoms with Gasteiger partial charge in [-0.15, -0.1) is 10.2 Å². The molecule has 3 rings (SSSR count). The standard InChI is InChI=1S/C19H23BrN4O2S/c1-13(25)11-21-19(26)14-3-2-10-24(12-14)17-8-9-18(23-22-17)27-16-6-4-15(20)5-7-16/h4-9,13-14,25H,2-3,10-12H2,1H3,(H,21,26)/t13-,14-/m1/s1. The number of carbonyl (C=O) groups excluding carboxylic acids is 1. The van der Waals surface area contributed by atoms with Crippen LogP contribution in [0.3, 0.4) is 0 Å². The van der Waals surface area contributed by atoms with Gasteiger partial charge in [-0.2, -0.15) is 0 Å². The molecule has 1 aromatic carbocycles. The van der Waals surface area contributed by atoms with Crippen LogP contribution in [-0.4, -0.2) is 46.9 Å². The topological polar surface area (TPSA) is 78.4 Å². The number of aliphatic hydroxyl groups is 1. The normalized spacial score (nSPS) is 18.2. The van der Waals surface area contributed by atoms with E-state index < -0.39 is 6.10 Å². The number of piperidine rings is 1. The van der Waals surface area contributed by atoms with E-state index in [1.54, 1.807) is 18.7 Å². The lowest BCUT2D eigenvalue weighted by molar-refractivity contribution is -0.125. The van der Waals surface area contributed by atoms with Crippen LogP contribution in [0, 0.1) is 5.92 Å². The van der Waals surface area contributed by atoms with Gasteiger partial charge in [-0.05, 0) is 56.2 Å². The van der Waals surface area contributed by atoms with Crippen LogP contribution in [0.5, 0.6) is 0 Å². The molecule has 6 nitrogen and oxygen atoms in total. The molecule has 0 spiro atoms. The van der Waals surface area contributed by atoms with Crippen LogP contribution in [0.15, 0.2) is 50.8 Å². The number of nitrogens with zero attached hydrogens (tertiary/aromatic N) is 3. The smallest absolute Gasteiger partial charge is 0.224 e. The van der Waals surface area contributed by atoms with Crippen molar-refractivity contribution < 1.29 is 9.90 Å². The van der Waals surface area contributed by atoms with E-state index in [4.69, 9.17) is 0 Å². The van der Waals surface area contributed by atoms with Crippen LogP contribution in [0.2, 0.25) is 0 Å². The quantitative estimate of drug-likeness (QED) is 0.703. The molecule has 1 amide bonds. The minimum Gasteiger partial charge on any atom is -0.392 e. The maximum absolute atomic E-state index is 12.3. The van der Waals surface area contributed by atoms with E-state index in [1.165, 1.54) is 0 Å². The van der Waals surface area contributed by atoms with E-state index in [9.17, 15) is 9.90 Å². The van der Waals surface area contributed by atoms with Crippen molar-refractivity contribution in [3.63, 3.8) is 0 Å². The van der Waals surface area contributed by atoms with Crippen molar-refractivity contribution in [2.75, 3.05) is 24.5 Å². The van der Waals surface area contributed by atoms with Gasteiger partial charge in [-0.1, -0.05) is 27.7 Å². The van der Waals surface area contributed by atoms with Crippen molar-refractivity contribution in [3.8, 4) is 0 Å². The lowest BCUT2D eigenvalue weighted by atomic mass is 9.97. The first kappa shape index (κ1) is 20.1. The Kier molecular flexibility index (Phi) is 7.09. The van der Waals surface area contributed by atoms with E-state index in [0.717, 1.165) is 39.6 Å². The number of nitrogens with one attached hydrogen (secondary N) is 1. The summed E-state index contributed by atoms with van der Waals surface area (Å²) in [5.74, 6) is 0.704. The molecule has 1 aliphatic heterocycles. The maximum atomic E-state index is 12.3. The Labute approximate surface area is 171 Å². The SMILES string of the molecule is C[C@@H](O)CNC(=O)[C@@H]1CCCN(c2ccc(Sc3ccc(Br)cc3)nn2)C1. The van der Waals surface area contributed by atoms with Crippen LogP contribution >= 0.6 is 27.7 Å². The Morgan fingerprint density at radius 3 is 2.78 bits per heavy atom. The van der Waals surface area contributed by atoms with Gasteiger partial charge in [-0.25, -0.2) is 0 Å². The van der Waals surface area contributed by atoms with E-state index >= 15 is 0 Å². The Hall–Kier alpha value is -1.64. The van der Waals surface area contributed by atoms with Gasteiger partial charge in [0, 0.05) is 29.0 Å². The van der Waals surface area contributed by atoms with Crippen molar-refractivity contribution >= 4 is 39.4 Å². The van der Waals surface area contributed by atoms with Gasteiger partial charge in [0.15, 0.2) is 5.82 Å². The molecule has 2 aromatic rings. The highest BCUT2D eigenvalue weighted by Gasteiger charge is 2.26. The molecular formula is C19H23BrN4O2S. The highest BCUT2D eigenvalue weighted by molar-refractivity contribution is 9.10. The number of carbonyl (C=O) groups is 1. The predicted octanol–water partition coefficient (Wildman–Crippen LogP) is 3.10. The summed E-state index contributed by atoms with van der Waals surface area (Å²) in [6.45, 7) is 3.45. The van der Waals surface area contributed by atoms with Gasteiger partial charge >= 0.3 is 0 Å². The van der Waals surface area contributed by atoms with Crippen molar-refractivity contribution in [2.45, 2.75) is 35.8 Å². The van der Waals surface area contributed by atoms with Gasteiger partial charge < -0.3 is 15.3 Å². The number of aliphatic hydroxyl groups excluding tert-OH is 1. The first-order valence-corrected chi connectivity index (χ1v) is 10.6. The average Bonchev–Trinajstić information content (AvgIpc) is 2.68. The van der Waals surface area contributed by atoms with Crippen LogP contribution in [0.1, 0.15) is 19.8 Å². The lowest BCUT2D eigenvalue weighted by Crippen LogP contribution is -2.44. The summed E-state index contributed by atoms with van der Waals surface area (Å²) in [5, 5.41) is 21.7. The number of rotatable bonds is 6. The van der Waals surface area contributed by atoms with Crippen molar-refractivity contribution in [1.82, 2.24) is 15.5 Å². The molecule has 2 atom stereocenters. The van der Waals surface area contributed by atoms with Crippen LogP contribution < -0.4 is 10.2 Å². The first-order chi connectivity index (χ1) is 13.0. The summed E-state index contributed by atoms with van der Waals surface area (Å²) in [7, 11) is 0. The number of hydrogen-bond donors (Lipinski definition) is 2. The number of aromatic nitrogens is 2. The number of halogens is 1. The van der Waals surface area contributed by atoms with Crippen LogP contribution in [0.25, 0.3) is 0 Å². The highest BCUT2D eigenvalue weighted by Crippen LogP contribution is 2.28. The fourth-order valence-corrected chi connectivity index (χ4v) is 3.95. The largest absolute Gasteiger partial charge is 0.392 e. The molecule has 0 unspecified atom stereocenters. The van der Waals surface area contributed by atoms with E-state index in [2.05, 4.69) is 36.3 Å². The summed E-state index contributed by atoms with van der Waals surface area (Å²) < 4.78 is 1.05. The fourth-order valence-electron chi connectivity index (χ4n) is 2.95.